The summed E-state index contributed by atoms with van der Waals surface area (Å²) in [6.45, 7) is 0. The summed E-state index contributed by atoms with van der Waals surface area (Å²) >= 11 is 0. The Hall–Kier alpha value is -2.35. The number of hydrogen-bond acceptors (Lipinski definition) is 2. The third-order valence-corrected chi connectivity index (χ3v) is 2.22. The monoisotopic (exact) mass is 222 g/mol. The predicted molar refractivity (Wildman–Crippen MR) is 74.0 cm³/mol. The van der Waals surface area contributed by atoms with Crippen molar-refractivity contribution in [3.8, 4) is 0 Å². The van der Waals surface area contributed by atoms with Crippen molar-refractivity contribution in [3.63, 3.8) is 0 Å². The average Bonchev–Trinajstić information content (AvgIpc) is 2.41. The molecule has 0 heterocycles. The van der Waals surface area contributed by atoms with Gasteiger partial charge in [0.25, 0.3) is 0 Å². The Morgan fingerprint density at radius 2 is 1.47 bits per heavy atom. The van der Waals surface area contributed by atoms with Crippen molar-refractivity contribution < 1.29 is 0 Å². The third-order valence-electron chi connectivity index (χ3n) is 2.22. The molecule has 1 N–H and O–H groups in total. The Labute approximate surface area is 101 Å². The average molecular weight is 222 g/mol. The van der Waals surface area contributed by atoms with Crippen LogP contribution >= 0.6 is 0 Å². The first kappa shape index (κ1) is 11.1. The van der Waals surface area contributed by atoms with Crippen LogP contribution in [0.5, 0.6) is 0 Å². The van der Waals surface area contributed by atoms with Gasteiger partial charge in [-0.25, -0.2) is 0 Å². The highest BCUT2D eigenvalue weighted by molar-refractivity contribution is 5.78. The zero-order valence-electron chi connectivity index (χ0n) is 9.45. The Kier molecular flexibility index (Phi) is 4.12. The van der Waals surface area contributed by atoms with E-state index in [9.17, 15) is 0 Å². The molecule has 0 aliphatic carbocycles. The Balaban J connectivity index is 1.85. The maximum absolute atomic E-state index is 4.09. The van der Waals surface area contributed by atoms with Crippen LogP contribution in [-0.2, 0) is 0 Å². The van der Waals surface area contributed by atoms with Crippen molar-refractivity contribution in [1.29, 1.82) is 0 Å². The number of hydrogen-bond donors (Lipinski definition) is 1. The summed E-state index contributed by atoms with van der Waals surface area (Å²) in [7, 11) is 0. The highest BCUT2D eigenvalue weighted by atomic mass is 15.3. The van der Waals surface area contributed by atoms with Crippen molar-refractivity contribution in [2.75, 3.05) is 5.43 Å². The summed E-state index contributed by atoms with van der Waals surface area (Å²) in [4.78, 5) is 0. The number of para-hydroxylation sites is 1. The molecule has 0 fully saturated rings. The zero-order valence-corrected chi connectivity index (χ0v) is 9.45. The minimum Gasteiger partial charge on any atom is -0.279 e. The smallest absolute Gasteiger partial charge is 0.0561 e. The van der Waals surface area contributed by atoms with Crippen LogP contribution in [0.3, 0.4) is 0 Å². The van der Waals surface area contributed by atoms with Crippen molar-refractivity contribution >= 4 is 18.0 Å². The van der Waals surface area contributed by atoms with Gasteiger partial charge in [0.15, 0.2) is 0 Å². The van der Waals surface area contributed by atoms with E-state index in [1.807, 2.05) is 60.7 Å². The predicted octanol–water partition coefficient (Wildman–Crippen LogP) is 3.80. The molecule has 0 unspecified atom stereocenters. The largest absolute Gasteiger partial charge is 0.279 e. The molecule has 0 atom stereocenters. The van der Waals surface area contributed by atoms with E-state index in [0.29, 0.717) is 0 Å². The summed E-state index contributed by atoms with van der Waals surface area (Å²) in [6, 6.07) is 20.0. The van der Waals surface area contributed by atoms with E-state index in [2.05, 4.69) is 22.7 Å². The summed E-state index contributed by atoms with van der Waals surface area (Å²) in [5.41, 5.74) is 5.10. The highest BCUT2D eigenvalue weighted by Crippen LogP contribution is 2.04. The number of nitrogens with one attached hydrogen (secondary N) is 1. The number of benzene rings is 2. The van der Waals surface area contributed by atoms with Gasteiger partial charge >= 0.3 is 0 Å². The van der Waals surface area contributed by atoms with E-state index >= 15 is 0 Å². The second-order valence-corrected chi connectivity index (χ2v) is 3.53. The van der Waals surface area contributed by atoms with Crippen LogP contribution in [0, 0.1) is 0 Å². The fourth-order valence-corrected chi connectivity index (χ4v) is 1.39. The molecule has 17 heavy (non-hydrogen) atoms. The van der Waals surface area contributed by atoms with Crippen molar-refractivity contribution in [3.05, 3.63) is 72.3 Å². The molecular weight excluding hydrogens is 208 g/mol. The molecule has 2 nitrogen and oxygen atoms in total. The van der Waals surface area contributed by atoms with Crippen LogP contribution in [0.25, 0.3) is 6.08 Å². The maximum atomic E-state index is 4.09. The van der Waals surface area contributed by atoms with Crippen LogP contribution in [-0.4, -0.2) is 6.21 Å². The Morgan fingerprint density at radius 3 is 2.18 bits per heavy atom. The van der Waals surface area contributed by atoms with E-state index in [0.717, 1.165) is 5.69 Å². The Morgan fingerprint density at radius 1 is 0.824 bits per heavy atom. The van der Waals surface area contributed by atoms with Gasteiger partial charge in [-0.15, -0.1) is 0 Å². The minimum atomic E-state index is 0.983. The number of nitrogens with zero attached hydrogens (tertiary/aromatic N) is 1. The first-order valence-corrected chi connectivity index (χ1v) is 5.51. The first-order chi connectivity index (χ1) is 8.45. The quantitative estimate of drug-likeness (QED) is 0.617. The number of rotatable bonds is 4. The molecule has 0 aliphatic rings. The molecule has 84 valence electrons. The second-order valence-electron chi connectivity index (χ2n) is 3.53. The molecule has 2 heteroatoms. The van der Waals surface area contributed by atoms with E-state index in [4.69, 9.17) is 0 Å². The van der Waals surface area contributed by atoms with E-state index in [1.165, 1.54) is 5.56 Å². The fraction of sp³-hybridized carbons (Fsp3) is 0. The molecule has 0 saturated heterocycles. The lowest BCUT2D eigenvalue weighted by Crippen LogP contribution is -1.86. The molecule has 0 radical (unpaired) electrons. The van der Waals surface area contributed by atoms with Crippen LogP contribution < -0.4 is 5.43 Å². The molecule has 2 aromatic rings. The van der Waals surface area contributed by atoms with Crippen molar-refractivity contribution in [2.45, 2.75) is 0 Å². The topological polar surface area (TPSA) is 24.4 Å². The molecule has 2 aromatic carbocycles. The van der Waals surface area contributed by atoms with Gasteiger partial charge in [0, 0.05) is 6.21 Å². The molecule has 2 rings (SSSR count). The maximum Gasteiger partial charge on any atom is 0.0561 e. The number of anilines is 1. The lowest BCUT2D eigenvalue weighted by Gasteiger charge is -1.96. The van der Waals surface area contributed by atoms with Gasteiger partial charge in [-0.2, -0.15) is 5.10 Å². The van der Waals surface area contributed by atoms with E-state index in [-0.39, 0.29) is 0 Å². The fourth-order valence-electron chi connectivity index (χ4n) is 1.39. The molecule has 0 amide bonds. The van der Waals surface area contributed by atoms with Gasteiger partial charge in [-0.1, -0.05) is 54.6 Å². The lowest BCUT2D eigenvalue weighted by molar-refractivity contribution is 1.36. The minimum absolute atomic E-state index is 0.983. The summed E-state index contributed by atoms with van der Waals surface area (Å²) < 4.78 is 0. The zero-order chi connectivity index (χ0) is 11.8. The van der Waals surface area contributed by atoms with E-state index < -0.39 is 0 Å². The second kappa shape index (κ2) is 6.28. The number of hydrazone groups is 1. The standard InChI is InChI=1S/C15H14N2/c1-3-8-14(9-4-1)10-7-13-16-17-15-11-5-2-6-12-15/h1-13,17H/b10-7+,16-13-. The van der Waals surface area contributed by atoms with Gasteiger partial charge in [0.05, 0.1) is 5.69 Å². The van der Waals surface area contributed by atoms with Gasteiger partial charge in [-0.3, -0.25) is 5.43 Å². The first-order valence-electron chi connectivity index (χ1n) is 5.51. The highest BCUT2D eigenvalue weighted by Gasteiger charge is 1.83. The normalized spacial score (nSPS) is 11.1. The molecule has 0 spiro atoms. The summed E-state index contributed by atoms with van der Waals surface area (Å²) in [6.07, 6.45) is 5.65. The van der Waals surface area contributed by atoms with Crippen LogP contribution in [0.4, 0.5) is 5.69 Å². The number of allylic oxidation sites excluding steroid dienone is 1. The van der Waals surface area contributed by atoms with Crippen molar-refractivity contribution in [2.24, 2.45) is 5.10 Å². The van der Waals surface area contributed by atoms with Gasteiger partial charge < -0.3 is 0 Å². The van der Waals surface area contributed by atoms with Gasteiger partial charge in [0.2, 0.25) is 0 Å². The van der Waals surface area contributed by atoms with Gasteiger partial charge in [-0.05, 0) is 23.8 Å². The van der Waals surface area contributed by atoms with E-state index in [1.54, 1.807) is 6.21 Å². The third kappa shape index (κ3) is 3.95. The SMILES string of the molecule is C(/C=C/c1ccccc1)=N/Nc1ccccc1. The Bertz CT molecular complexity index is 487. The van der Waals surface area contributed by atoms with Crippen LogP contribution in [0.1, 0.15) is 5.56 Å². The van der Waals surface area contributed by atoms with Crippen LogP contribution in [0.2, 0.25) is 0 Å². The summed E-state index contributed by atoms with van der Waals surface area (Å²) in [5, 5.41) is 4.09. The van der Waals surface area contributed by atoms with Gasteiger partial charge in [0.1, 0.15) is 0 Å². The molecule has 0 bridgehead atoms. The molecule has 0 saturated carbocycles. The lowest BCUT2D eigenvalue weighted by atomic mass is 10.2. The van der Waals surface area contributed by atoms with Crippen LogP contribution in [0.15, 0.2) is 71.8 Å². The summed E-state index contributed by atoms with van der Waals surface area (Å²) in [5.74, 6) is 0. The molecule has 0 aromatic heterocycles. The van der Waals surface area contributed by atoms with Crippen molar-refractivity contribution in [1.82, 2.24) is 0 Å². The molecular formula is C15H14N2. The molecule has 0 aliphatic heterocycles.